The zero-order valence-electron chi connectivity index (χ0n) is 9.55. The van der Waals surface area contributed by atoms with Crippen LogP contribution < -0.4 is 5.11 Å². The van der Waals surface area contributed by atoms with E-state index in [0.29, 0.717) is 5.75 Å². The Morgan fingerprint density at radius 2 is 2.00 bits per heavy atom. The number of pyridine rings is 1. The van der Waals surface area contributed by atoms with Crippen LogP contribution in [0.1, 0.15) is 6.42 Å². The largest absolute Gasteiger partial charge is 0.550 e. The van der Waals surface area contributed by atoms with Gasteiger partial charge in [-0.2, -0.15) is 0 Å². The van der Waals surface area contributed by atoms with Crippen LogP contribution in [0, 0.1) is 0 Å². The van der Waals surface area contributed by atoms with E-state index in [1.54, 1.807) is 0 Å². The van der Waals surface area contributed by atoms with Gasteiger partial charge in [0.2, 0.25) is 0 Å². The van der Waals surface area contributed by atoms with Crippen molar-refractivity contribution < 1.29 is 9.90 Å². The second-order valence-corrected chi connectivity index (χ2v) is 4.43. The number of carbonyl (C=O) groups is 1. The van der Waals surface area contributed by atoms with Gasteiger partial charge in [0.05, 0.1) is 10.5 Å². The molecule has 0 unspecified atom stereocenters. The van der Waals surface area contributed by atoms with Crippen molar-refractivity contribution in [2.45, 2.75) is 11.4 Å². The van der Waals surface area contributed by atoms with E-state index in [2.05, 4.69) is 4.98 Å². The maximum Gasteiger partial charge on any atom is 0.0967 e. The number of carboxylic acid groups (broad SMARTS) is 1. The van der Waals surface area contributed by atoms with Crippen LogP contribution in [0.3, 0.4) is 0 Å². The van der Waals surface area contributed by atoms with E-state index in [1.165, 1.54) is 11.8 Å². The van der Waals surface area contributed by atoms with Crippen molar-refractivity contribution in [2.75, 3.05) is 5.75 Å². The van der Waals surface area contributed by atoms with Gasteiger partial charge in [0.1, 0.15) is 0 Å². The van der Waals surface area contributed by atoms with Crippen molar-refractivity contribution in [3.05, 3.63) is 36.4 Å². The fourth-order valence-corrected chi connectivity index (χ4v) is 2.17. The van der Waals surface area contributed by atoms with Gasteiger partial charge in [-0.15, -0.1) is 11.8 Å². The zero-order valence-corrected chi connectivity index (χ0v) is 12.4. The van der Waals surface area contributed by atoms with Gasteiger partial charge in [-0.05, 0) is 18.6 Å². The molecule has 3 nitrogen and oxygen atoms in total. The second kappa shape index (κ2) is 7.01. The summed E-state index contributed by atoms with van der Waals surface area (Å²) < 4.78 is 0. The first-order valence-electron chi connectivity index (χ1n) is 4.94. The molecule has 0 fully saturated rings. The van der Waals surface area contributed by atoms with Crippen molar-refractivity contribution in [1.82, 2.24) is 4.98 Å². The average Bonchev–Trinajstić information content (AvgIpc) is 2.28. The number of carboxylic acids is 1. The summed E-state index contributed by atoms with van der Waals surface area (Å²) in [5.41, 5.74) is 0.931. The van der Waals surface area contributed by atoms with Crippen LogP contribution in [0.4, 0.5) is 0 Å². The summed E-state index contributed by atoms with van der Waals surface area (Å²) in [4.78, 5) is 14.7. The van der Waals surface area contributed by atoms with Crippen LogP contribution in [0.15, 0.2) is 41.4 Å². The third-order valence-corrected chi connectivity index (χ3v) is 3.06. The average molecular weight is 255 g/mol. The Morgan fingerprint density at radius 1 is 1.24 bits per heavy atom. The molecule has 1 aromatic carbocycles. The number of fused-ring (bicyclic) bond motifs is 1. The molecular formula is C12H10NNaO2S-. The predicted molar refractivity (Wildman–Crippen MR) is 67.8 cm³/mol. The zero-order chi connectivity index (χ0) is 11.4. The van der Waals surface area contributed by atoms with Gasteiger partial charge in [-0.1, -0.05) is 24.3 Å². The number of hydrogen-bond acceptors (Lipinski definition) is 4. The van der Waals surface area contributed by atoms with Crippen molar-refractivity contribution >= 4 is 58.2 Å². The molecule has 17 heavy (non-hydrogen) atoms. The predicted octanol–water partition coefficient (Wildman–Crippen LogP) is 1.09. The smallest absolute Gasteiger partial charge is 0.0967 e. The molecule has 0 aliphatic heterocycles. The first-order chi connectivity index (χ1) is 7.75. The van der Waals surface area contributed by atoms with Crippen molar-refractivity contribution in [2.24, 2.45) is 0 Å². The summed E-state index contributed by atoms with van der Waals surface area (Å²) in [5, 5.41) is 12.2. The first-order valence-corrected chi connectivity index (χ1v) is 5.93. The summed E-state index contributed by atoms with van der Waals surface area (Å²) >= 11 is 1.43. The Hall–Kier alpha value is -0.550. The van der Waals surface area contributed by atoms with Crippen LogP contribution in [-0.4, -0.2) is 46.3 Å². The van der Waals surface area contributed by atoms with E-state index in [9.17, 15) is 9.90 Å². The van der Waals surface area contributed by atoms with E-state index in [0.717, 1.165) is 15.9 Å². The number of rotatable bonds is 4. The minimum Gasteiger partial charge on any atom is -0.550 e. The number of hydrogen-bond donors (Lipinski definition) is 0. The topological polar surface area (TPSA) is 53.0 Å². The summed E-state index contributed by atoms with van der Waals surface area (Å²) in [6.07, 6.45) is 0.0547. The molecule has 0 bridgehead atoms. The molecule has 0 atom stereocenters. The van der Waals surface area contributed by atoms with Crippen LogP contribution in [-0.2, 0) is 4.79 Å². The summed E-state index contributed by atoms with van der Waals surface area (Å²) in [7, 11) is 0. The van der Waals surface area contributed by atoms with Crippen molar-refractivity contribution in [1.29, 1.82) is 0 Å². The number of carbonyl (C=O) groups excluding carboxylic acids is 1. The molecule has 0 saturated heterocycles. The molecule has 83 valence electrons. The maximum atomic E-state index is 10.3. The van der Waals surface area contributed by atoms with Crippen molar-refractivity contribution in [3.63, 3.8) is 0 Å². The molecule has 1 radical (unpaired) electrons. The molecule has 0 aliphatic rings. The van der Waals surface area contributed by atoms with Gasteiger partial charge in [-0.3, -0.25) is 0 Å². The summed E-state index contributed by atoms with van der Waals surface area (Å²) in [6, 6.07) is 11.7. The number of aromatic nitrogens is 1. The van der Waals surface area contributed by atoms with E-state index in [-0.39, 0.29) is 36.0 Å². The molecular weight excluding hydrogens is 245 g/mol. The normalized spacial score (nSPS) is 9.88. The van der Waals surface area contributed by atoms with Gasteiger partial charge in [0.15, 0.2) is 0 Å². The van der Waals surface area contributed by atoms with Gasteiger partial charge in [0, 0.05) is 46.7 Å². The van der Waals surface area contributed by atoms with Crippen LogP contribution in [0.5, 0.6) is 0 Å². The van der Waals surface area contributed by atoms with Crippen molar-refractivity contribution in [3.8, 4) is 0 Å². The third-order valence-electron chi connectivity index (χ3n) is 2.13. The second-order valence-electron chi connectivity index (χ2n) is 3.31. The summed E-state index contributed by atoms with van der Waals surface area (Å²) in [5.74, 6) is -0.526. The van der Waals surface area contributed by atoms with E-state index < -0.39 is 5.97 Å². The number of nitrogens with zero attached hydrogens (tertiary/aromatic N) is 1. The van der Waals surface area contributed by atoms with Crippen LogP contribution in [0.2, 0.25) is 0 Å². The Balaban J connectivity index is 0.00000144. The monoisotopic (exact) mass is 255 g/mol. The van der Waals surface area contributed by atoms with Gasteiger partial charge < -0.3 is 9.90 Å². The maximum absolute atomic E-state index is 10.3. The molecule has 0 amide bonds. The molecule has 0 N–H and O–H groups in total. The fourth-order valence-electron chi connectivity index (χ4n) is 1.37. The fraction of sp³-hybridized carbons (Fsp3) is 0.167. The Labute approximate surface area is 126 Å². The Kier molecular flexibility index (Phi) is 5.98. The quantitative estimate of drug-likeness (QED) is 0.606. The molecule has 1 heterocycles. The Bertz CT molecular complexity index is 519. The molecule has 0 aliphatic carbocycles. The van der Waals surface area contributed by atoms with Gasteiger partial charge in [-0.25, -0.2) is 4.98 Å². The summed E-state index contributed by atoms with van der Waals surface area (Å²) in [6.45, 7) is 0. The van der Waals surface area contributed by atoms with E-state index >= 15 is 0 Å². The Morgan fingerprint density at radius 3 is 2.76 bits per heavy atom. The van der Waals surface area contributed by atoms with E-state index in [1.807, 2.05) is 36.4 Å². The minimum absolute atomic E-state index is 0. The molecule has 0 saturated carbocycles. The number of aliphatic carboxylic acids is 1. The molecule has 2 rings (SSSR count). The number of para-hydroxylation sites is 1. The SMILES string of the molecule is O=C([O-])CCSc1ccc2ccccc2n1.[Na]. The van der Waals surface area contributed by atoms with Gasteiger partial charge >= 0.3 is 0 Å². The number of thioether (sulfide) groups is 1. The molecule has 2 aromatic rings. The minimum atomic E-state index is -1.02. The molecule has 1 aromatic heterocycles. The van der Waals surface area contributed by atoms with Crippen LogP contribution in [0.25, 0.3) is 10.9 Å². The number of benzene rings is 1. The van der Waals surface area contributed by atoms with E-state index in [4.69, 9.17) is 0 Å². The third kappa shape index (κ3) is 4.32. The first kappa shape index (κ1) is 14.5. The van der Waals surface area contributed by atoms with Gasteiger partial charge in [0.25, 0.3) is 0 Å². The van der Waals surface area contributed by atoms with Crippen LogP contribution >= 0.6 is 11.8 Å². The molecule has 5 heteroatoms. The standard InChI is InChI=1S/C12H11NO2S.Na/c14-12(15)7-8-16-11-6-5-9-3-1-2-4-10(9)13-11;/h1-6H,7-8H2,(H,14,15);/p-1. The molecule has 0 spiro atoms.